The fourth-order valence-electron chi connectivity index (χ4n) is 3.28. The number of aromatic hydroxyl groups is 1. The van der Waals surface area contributed by atoms with Crippen LogP contribution >= 0.6 is 0 Å². The fraction of sp³-hybridized carbons (Fsp3) is 0.650. The van der Waals surface area contributed by atoms with E-state index in [1.807, 2.05) is 6.92 Å². The van der Waals surface area contributed by atoms with E-state index < -0.39 is 0 Å². The van der Waals surface area contributed by atoms with Gasteiger partial charge in [0.15, 0.2) is 0 Å². The summed E-state index contributed by atoms with van der Waals surface area (Å²) in [7, 11) is 0. The fourth-order valence-corrected chi connectivity index (χ4v) is 3.28. The molecule has 0 aliphatic carbocycles. The molecular weight excluding hydrogens is 316 g/mol. The number of anilines is 1. The standard InChI is InChI=1S/C20H32N2O3/c1-6-25-19(23)13-21-7-9-22(10-8-21)16-11-17(14(2)3)20(24)18(12-16)15(4)5/h11-12,14-15,24H,6-10,13H2,1-5H3. The van der Waals surface area contributed by atoms with Crippen molar-refractivity contribution < 1.29 is 14.6 Å². The van der Waals surface area contributed by atoms with E-state index in [0.29, 0.717) is 18.9 Å². The lowest BCUT2D eigenvalue weighted by atomic mass is 9.92. The predicted octanol–water partition coefficient (Wildman–Crippen LogP) is 3.32. The van der Waals surface area contributed by atoms with Crippen LogP contribution < -0.4 is 4.90 Å². The van der Waals surface area contributed by atoms with Gasteiger partial charge >= 0.3 is 5.97 Å². The molecule has 2 rings (SSSR count). The normalized spacial score (nSPS) is 15.9. The molecule has 1 N–H and O–H groups in total. The number of esters is 1. The zero-order valence-electron chi connectivity index (χ0n) is 16.2. The molecule has 1 saturated heterocycles. The van der Waals surface area contributed by atoms with Gasteiger partial charge in [-0.2, -0.15) is 0 Å². The third kappa shape index (κ3) is 4.88. The van der Waals surface area contributed by atoms with E-state index >= 15 is 0 Å². The second kappa shape index (κ2) is 8.56. The molecule has 0 saturated carbocycles. The molecule has 5 heteroatoms. The van der Waals surface area contributed by atoms with Crippen molar-refractivity contribution in [3.63, 3.8) is 0 Å². The molecule has 0 spiro atoms. The molecule has 1 aromatic carbocycles. The number of carbonyl (C=O) groups excluding carboxylic acids is 1. The largest absolute Gasteiger partial charge is 0.507 e. The summed E-state index contributed by atoms with van der Waals surface area (Å²) in [6, 6.07) is 4.24. The minimum atomic E-state index is -0.148. The first-order chi connectivity index (χ1) is 11.8. The Hall–Kier alpha value is -1.75. The number of hydrogen-bond donors (Lipinski definition) is 1. The average molecular weight is 348 g/mol. The van der Waals surface area contributed by atoms with Crippen molar-refractivity contribution in [1.29, 1.82) is 0 Å². The Morgan fingerprint density at radius 2 is 1.60 bits per heavy atom. The first-order valence-electron chi connectivity index (χ1n) is 9.33. The number of piperazine rings is 1. The second-order valence-corrected chi connectivity index (χ2v) is 7.35. The minimum Gasteiger partial charge on any atom is -0.507 e. The number of hydrogen-bond acceptors (Lipinski definition) is 5. The highest BCUT2D eigenvalue weighted by atomic mass is 16.5. The Morgan fingerprint density at radius 1 is 1.08 bits per heavy atom. The van der Waals surface area contributed by atoms with Gasteiger partial charge in [0.25, 0.3) is 0 Å². The van der Waals surface area contributed by atoms with Crippen LogP contribution in [0.1, 0.15) is 57.6 Å². The number of rotatable bonds is 6. The van der Waals surface area contributed by atoms with E-state index in [2.05, 4.69) is 49.6 Å². The Labute approximate surface area is 151 Å². The van der Waals surface area contributed by atoms with Crippen LogP contribution in [0.3, 0.4) is 0 Å². The van der Waals surface area contributed by atoms with Crippen LogP contribution in [0.4, 0.5) is 5.69 Å². The molecule has 0 atom stereocenters. The molecular formula is C20H32N2O3. The van der Waals surface area contributed by atoms with Crippen LogP contribution in [0, 0.1) is 0 Å². The molecule has 25 heavy (non-hydrogen) atoms. The van der Waals surface area contributed by atoms with Gasteiger partial charge in [-0.3, -0.25) is 9.69 Å². The molecule has 1 aliphatic rings. The maximum Gasteiger partial charge on any atom is 0.320 e. The molecule has 1 fully saturated rings. The molecule has 1 heterocycles. The number of phenolic OH excluding ortho intramolecular Hbond substituents is 1. The summed E-state index contributed by atoms with van der Waals surface area (Å²) in [5.41, 5.74) is 3.19. The monoisotopic (exact) mass is 348 g/mol. The summed E-state index contributed by atoms with van der Waals surface area (Å²) in [6.45, 7) is 14.5. The third-order valence-corrected chi connectivity index (χ3v) is 4.79. The highest BCUT2D eigenvalue weighted by Crippen LogP contribution is 2.37. The highest BCUT2D eigenvalue weighted by molar-refractivity contribution is 5.71. The van der Waals surface area contributed by atoms with Gasteiger partial charge in [-0.15, -0.1) is 0 Å². The molecule has 0 radical (unpaired) electrons. The van der Waals surface area contributed by atoms with Crippen molar-refractivity contribution in [1.82, 2.24) is 4.90 Å². The van der Waals surface area contributed by atoms with Gasteiger partial charge in [0, 0.05) is 31.9 Å². The Balaban J connectivity index is 2.11. The Kier molecular flexibility index (Phi) is 6.71. The number of ether oxygens (including phenoxy) is 1. The van der Waals surface area contributed by atoms with E-state index in [-0.39, 0.29) is 17.8 Å². The van der Waals surface area contributed by atoms with Gasteiger partial charge in [-0.05, 0) is 42.0 Å². The highest BCUT2D eigenvalue weighted by Gasteiger charge is 2.22. The molecule has 1 aromatic rings. The molecule has 0 aromatic heterocycles. The first-order valence-corrected chi connectivity index (χ1v) is 9.33. The summed E-state index contributed by atoms with van der Waals surface area (Å²) in [5.74, 6) is 0.851. The maximum absolute atomic E-state index is 11.6. The molecule has 0 bridgehead atoms. The molecule has 140 valence electrons. The molecule has 0 unspecified atom stereocenters. The predicted molar refractivity (Wildman–Crippen MR) is 102 cm³/mol. The van der Waals surface area contributed by atoms with E-state index in [9.17, 15) is 9.90 Å². The van der Waals surface area contributed by atoms with Gasteiger partial charge in [0.2, 0.25) is 0 Å². The maximum atomic E-state index is 11.6. The van der Waals surface area contributed by atoms with Crippen molar-refractivity contribution in [3.8, 4) is 5.75 Å². The molecule has 0 amide bonds. The van der Waals surface area contributed by atoms with E-state index in [1.165, 1.54) is 5.69 Å². The van der Waals surface area contributed by atoms with Crippen LogP contribution in [-0.2, 0) is 9.53 Å². The van der Waals surface area contributed by atoms with E-state index in [1.54, 1.807) is 0 Å². The zero-order valence-corrected chi connectivity index (χ0v) is 16.2. The molecule has 5 nitrogen and oxygen atoms in total. The number of phenols is 1. The van der Waals surface area contributed by atoms with Crippen molar-refractivity contribution >= 4 is 11.7 Å². The lowest BCUT2D eigenvalue weighted by molar-refractivity contribution is -0.144. The molecule has 1 aliphatic heterocycles. The van der Waals surface area contributed by atoms with Crippen LogP contribution in [0.5, 0.6) is 5.75 Å². The summed E-state index contributed by atoms with van der Waals surface area (Å²) >= 11 is 0. The lowest BCUT2D eigenvalue weighted by Crippen LogP contribution is -2.48. The van der Waals surface area contributed by atoms with Crippen LogP contribution in [-0.4, -0.2) is 55.3 Å². The number of carbonyl (C=O) groups is 1. The second-order valence-electron chi connectivity index (χ2n) is 7.35. The zero-order chi connectivity index (χ0) is 18.6. The van der Waals surface area contributed by atoms with Gasteiger partial charge in [0.05, 0.1) is 13.2 Å². The summed E-state index contributed by atoms with van der Waals surface area (Å²) in [5, 5.41) is 10.6. The van der Waals surface area contributed by atoms with Crippen molar-refractivity contribution in [2.45, 2.75) is 46.5 Å². The summed E-state index contributed by atoms with van der Waals surface area (Å²) in [6.07, 6.45) is 0. The Morgan fingerprint density at radius 3 is 2.04 bits per heavy atom. The van der Waals surface area contributed by atoms with Gasteiger partial charge in [-0.1, -0.05) is 27.7 Å². The SMILES string of the molecule is CCOC(=O)CN1CCN(c2cc(C(C)C)c(O)c(C(C)C)c2)CC1. The van der Waals surface area contributed by atoms with Crippen molar-refractivity contribution in [2.75, 3.05) is 44.2 Å². The van der Waals surface area contributed by atoms with Gasteiger partial charge in [-0.25, -0.2) is 0 Å². The Bertz CT molecular complexity index is 562. The van der Waals surface area contributed by atoms with Crippen molar-refractivity contribution in [3.05, 3.63) is 23.3 Å². The summed E-state index contributed by atoms with van der Waals surface area (Å²) < 4.78 is 5.03. The number of nitrogens with zero attached hydrogens (tertiary/aromatic N) is 2. The van der Waals surface area contributed by atoms with Crippen LogP contribution in [0.2, 0.25) is 0 Å². The average Bonchev–Trinajstić information content (AvgIpc) is 2.55. The van der Waals surface area contributed by atoms with Gasteiger partial charge in [0.1, 0.15) is 5.75 Å². The van der Waals surface area contributed by atoms with E-state index in [4.69, 9.17) is 4.74 Å². The van der Waals surface area contributed by atoms with Crippen LogP contribution in [0.15, 0.2) is 12.1 Å². The number of benzene rings is 1. The summed E-state index contributed by atoms with van der Waals surface area (Å²) in [4.78, 5) is 16.1. The smallest absolute Gasteiger partial charge is 0.320 e. The topological polar surface area (TPSA) is 53.0 Å². The lowest BCUT2D eigenvalue weighted by Gasteiger charge is -2.36. The quantitative estimate of drug-likeness (QED) is 0.799. The minimum absolute atomic E-state index is 0.148. The first kappa shape index (κ1) is 19.6. The van der Waals surface area contributed by atoms with E-state index in [0.717, 1.165) is 37.3 Å². The van der Waals surface area contributed by atoms with Crippen molar-refractivity contribution in [2.24, 2.45) is 0 Å². The van der Waals surface area contributed by atoms with Crippen LogP contribution in [0.25, 0.3) is 0 Å². The van der Waals surface area contributed by atoms with Gasteiger partial charge < -0.3 is 14.7 Å². The third-order valence-electron chi connectivity index (χ3n) is 4.79.